The van der Waals surface area contributed by atoms with E-state index in [9.17, 15) is 4.79 Å². The van der Waals surface area contributed by atoms with Crippen LogP contribution in [0.2, 0.25) is 0 Å². The molecule has 3 heterocycles. The van der Waals surface area contributed by atoms with Gasteiger partial charge >= 0.3 is 0 Å². The fraction of sp³-hybridized carbons (Fsp3) is 0.350. The predicted molar refractivity (Wildman–Crippen MR) is 99.9 cm³/mol. The minimum Gasteiger partial charge on any atom is -0.492 e. The Kier molecular flexibility index (Phi) is 4.56. The number of rotatable bonds is 6. The number of hydrogen-bond acceptors (Lipinski definition) is 4. The Bertz CT molecular complexity index is 934. The Morgan fingerprint density at radius 3 is 3.08 bits per heavy atom. The van der Waals surface area contributed by atoms with Gasteiger partial charge in [-0.15, -0.1) is 0 Å². The monoisotopic (exact) mass is 350 g/mol. The number of carbonyl (C=O) groups excluding carboxylic acids is 1. The van der Waals surface area contributed by atoms with E-state index in [-0.39, 0.29) is 11.8 Å². The van der Waals surface area contributed by atoms with E-state index in [1.54, 1.807) is 6.20 Å². The largest absolute Gasteiger partial charge is 0.492 e. The number of pyridine rings is 1. The molecule has 26 heavy (non-hydrogen) atoms. The van der Waals surface area contributed by atoms with Crippen LogP contribution in [0.5, 0.6) is 5.75 Å². The smallest absolute Gasteiger partial charge is 0.220 e. The molecule has 0 spiro atoms. The van der Waals surface area contributed by atoms with Gasteiger partial charge in [-0.2, -0.15) is 5.10 Å². The van der Waals surface area contributed by atoms with Crippen molar-refractivity contribution in [2.75, 3.05) is 13.2 Å². The highest BCUT2D eigenvalue weighted by atomic mass is 16.5. The summed E-state index contributed by atoms with van der Waals surface area (Å²) in [5, 5.41) is 8.25. The molecule has 1 aliphatic rings. The number of benzene rings is 1. The van der Waals surface area contributed by atoms with Crippen molar-refractivity contribution in [1.82, 2.24) is 20.1 Å². The van der Waals surface area contributed by atoms with Gasteiger partial charge in [-0.25, -0.2) is 0 Å². The number of hydrogen-bond donors (Lipinski definition) is 1. The van der Waals surface area contributed by atoms with E-state index in [2.05, 4.69) is 34.6 Å². The lowest BCUT2D eigenvalue weighted by Crippen LogP contribution is -2.16. The molecule has 2 aromatic heterocycles. The summed E-state index contributed by atoms with van der Waals surface area (Å²) in [5.41, 5.74) is 2.98. The van der Waals surface area contributed by atoms with Crippen molar-refractivity contribution in [1.29, 1.82) is 0 Å². The molecule has 1 saturated heterocycles. The lowest BCUT2D eigenvalue weighted by molar-refractivity contribution is -0.119. The third-order valence-electron chi connectivity index (χ3n) is 4.64. The summed E-state index contributed by atoms with van der Waals surface area (Å²) in [5.74, 6) is 1.11. The maximum atomic E-state index is 11.4. The van der Waals surface area contributed by atoms with Gasteiger partial charge in [-0.1, -0.05) is 6.92 Å². The highest BCUT2D eigenvalue weighted by molar-refractivity contribution is 5.89. The average Bonchev–Trinajstić information content (AvgIpc) is 3.29. The maximum absolute atomic E-state index is 11.4. The normalized spacial score (nSPS) is 16.8. The molecular formula is C20H22N4O2. The van der Waals surface area contributed by atoms with Gasteiger partial charge in [0.25, 0.3) is 0 Å². The van der Waals surface area contributed by atoms with Crippen molar-refractivity contribution < 1.29 is 9.53 Å². The molecule has 0 radical (unpaired) electrons. The van der Waals surface area contributed by atoms with Gasteiger partial charge in [0.2, 0.25) is 5.91 Å². The molecule has 1 fully saturated rings. The summed E-state index contributed by atoms with van der Waals surface area (Å²) < 4.78 is 8.06. The molecule has 0 aliphatic carbocycles. The molecule has 134 valence electrons. The quantitative estimate of drug-likeness (QED) is 0.742. The topological polar surface area (TPSA) is 69.0 Å². The van der Waals surface area contributed by atoms with E-state index in [0.29, 0.717) is 19.6 Å². The number of amides is 1. The number of nitrogens with one attached hydrogen (secondary N) is 1. The van der Waals surface area contributed by atoms with Crippen LogP contribution in [0.25, 0.3) is 22.0 Å². The lowest BCUT2D eigenvalue weighted by atomic mass is 10.1. The van der Waals surface area contributed by atoms with Crippen LogP contribution in [0.4, 0.5) is 0 Å². The van der Waals surface area contributed by atoms with E-state index in [1.807, 2.05) is 29.1 Å². The van der Waals surface area contributed by atoms with Crippen LogP contribution in [-0.4, -0.2) is 33.8 Å². The van der Waals surface area contributed by atoms with Gasteiger partial charge in [0.1, 0.15) is 5.75 Å². The van der Waals surface area contributed by atoms with Crippen LogP contribution < -0.4 is 10.1 Å². The second kappa shape index (κ2) is 7.15. The molecule has 6 nitrogen and oxygen atoms in total. The first-order valence-electron chi connectivity index (χ1n) is 9.04. The number of aryl methyl sites for hydroxylation is 1. The molecule has 1 unspecified atom stereocenters. The second-order valence-electron chi connectivity index (χ2n) is 6.72. The van der Waals surface area contributed by atoms with Crippen LogP contribution in [-0.2, 0) is 11.3 Å². The second-order valence-corrected chi connectivity index (χ2v) is 6.72. The first-order chi connectivity index (χ1) is 12.7. The van der Waals surface area contributed by atoms with Crippen LogP contribution in [0.15, 0.2) is 42.9 Å². The number of fused-ring (bicyclic) bond motifs is 1. The number of aromatic nitrogens is 3. The Morgan fingerprint density at radius 2 is 2.27 bits per heavy atom. The van der Waals surface area contributed by atoms with Crippen molar-refractivity contribution in [3.8, 4) is 16.9 Å². The van der Waals surface area contributed by atoms with Crippen molar-refractivity contribution in [2.45, 2.75) is 26.3 Å². The molecule has 6 heteroatoms. The van der Waals surface area contributed by atoms with Gasteiger partial charge < -0.3 is 10.1 Å². The standard InChI is InChI=1S/C20H22N4O2/c1-2-6-24-12-16(11-23-24)15-8-18-17(4-3-5-21-18)19(9-15)26-13-14-7-20(25)22-10-14/h3-5,8-9,11-12,14H,2,6-7,10,13H2,1H3,(H,22,25). The van der Waals surface area contributed by atoms with Crippen LogP contribution >= 0.6 is 0 Å². The molecule has 0 bridgehead atoms. The summed E-state index contributed by atoms with van der Waals surface area (Å²) in [7, 11) is 0. The summed E-state index contributed by atoms with van der Waals surface area (Å²) in [6, 6.07) is 8.03. The third-order valence-corrected chi connectivity index (χ3v) is 4.64. The van der Waals surface area contributed by atoms with E-state index < -0.39 is 0 Å². The maximum Gasteiger partial charge on any atom is 0.220 e. The zero-order valence-corrected chi connectivity index (χ0v) is 14.8. The van der Waals surface area contributed by atoms with Crippen molar-refractivity contribution in [3.63, 3.8) is 0 Å². The fourth-order valence-corrected chi connectivity index (χ4v) is 3.29. The highest BCUT2D eigenvalue weighted by Gasteiger charge is 2.22. The predicted octanol–water partition coefficient (Wildman–Crippen LogP) is 3.02. The first kappa shape index (κ1) is 16.6. The minimum atomic E-state index is 0.0993. The third kappa shape index (κ3) is 3.40. The van der Waals surface area contributed by atoms with Crippen LogP contribution in [0.3, 0.4) is 0 Å². The van der Waals surface area contributed by atoms with Gasteiger partial charge in [-0.3, -0.25) is 14.5 Å². The zero-order chi connectivity index (χ0) is 17.9. The first-order valence-corrected chi connectivity index (χ1v) is 9.04. The molecule has 1 aliphatic heterocycles. The number of ether oxygens (including phenoxy) is 1. The van der Waals surface area contributed by atoms with Crippen LogP contribution in [0, 0.1) is 5.92 Å². The Balaban J connectivity index is 1.65. The molecular weight excluding hydrogens is 328 g/mol. The lowest BCUT2D eigenvalue weighted by Gasteiger charge is -2.13. The fourth-order valence-electron chi connectivity index (χ4n) is 3.29. The van der Waals surface area contributed by atoms with Gasteiger partial charge in [0.05, 0.1) is 18.3 Å². The zero-order valence-electron chi connectivity index (χ0n) is 14.8. The Labute approximate surface area is 152 Å². The van der Waals surface area contributed by atoms with E-state index in [0.717, 1.165) is 40.7 Å². The summed E-state index contributed by atoms with van der Waals surface area (Å²) in [6.45, 7) is 4.23. The Morgan fingerprint density at radius 1 is 1.35 bits per heavy atom. The molecule has 1 aromatic carbocycles. The summed E-state index contributed by atoms with van der Waals surface area (Å²) in [4.78, 5) is 15.9. The van der Waals surface area contributed by atoms with Gasteiger partial charge in [-0.05, 0) is 36.2 Å². The average molecular weight is 350 g/mol. The van der Waals surface area contributed by atoms with Gasteiger partial charge in [0, 0.05) is 48.8 Å². The molecule has 4 rings (SSSR count). The Hall–Kier alpha value is -2.89. The highest BCUT2D eigenvalue weighted by Crippen LogP contribution is 2.32. The summed E-state index contributed by atoms with van der Waals surface area (Å²) >= 11 is 0. The summed E-state index contributed by atoms with van der Waals surface area (Å²) in [6.07, 6.45) is 7.29. The molecule has 1 amide bonds. The molecule has 3 aromatic rings. The van der Waals surface area contributed by atoms with Crippen LogP contribution in [0.1, 0.15) is 19.8 Å². The SMILES string of the molecule is CCCn1cc(-c2cc(OCC3CNC(=O)C3)c3cccnc3c2)cn1. The van der Waals surface area contributed by atoms with E-state index >= 15 is 0 Å². The van der Waals surface area contributed by atoms with E-state index in [4.69, 9.17) is 4.74 Å². The number of nitrogens with zero attached hydrogens (tertiary/aromatic N) is 3. The molecule has 1 atom stereocenters. The molecule has 1 N–H and O–H groups in total. The minimum absolute atomic E-state index is 0.0993. The van der Waals surface area contributed by atoms with Gasteiger partial charge in [0.15, 0.2) is 0 Å². The molecule has 0 saturated carbocycles. The number of carbonyl (C=O) groups is 1. The van der Waals surface area contributed by atoms with Crippen molar-refractivity contribution >= 4 is 16.8 Å². The van der Waals surface area contributed by atoms with E-state index in [1.165, 1.54) is 0 Å². The van der Waals surface area contributed by atoms with Crippen molar-refractivity contribution in [2.24, 2.45) is 5.92 Å². The van der Waals surface area contributed by atoms with Crippen molar-refractivity contribution in [3.05, 3.63) is 42.9 Å².